The lowest BCUT2D eigenvalue weighted by Crippen LogP contribution is -2.15. The molecule has 9 heteroatoms. The molecule has 1 aromatic rings. The van der Waals surface area contributed by atoms with Crippen LogP contribution in [0.25, 0.3) is 0 Å². The van der Waals surface area contributed by atoms with Crippen LogP contribution in [-0.2, 0) is 12.4 Å². The van der Waals surface area contributed by atoms with Crippen LogP contribution in [0.15, 0.2) is 6.07 Å². The molecule has 0 aliphatic rings. The summed E-state index contributed by atoms with van der Waals surface area (Å²) < 4.78 is 72.1. The molecule has 0 unspecified atom stereocenters. The van der Waals surface area contributed by atoms with Gasteiger partial charge in [0, 0.05) is 0 Å². The van der Waals surface area contributed by atoms with E-state index in [-0.39, 0.29) is 6.07 Å². The first-order valence-electron chi connectivity index (χ1n) is 3.29. The van der Waals surface area contributed by atoms with Crippen LogP contribution in [0, 0.1) is 0 Å². The number of hydrogen-bond acceptors (Lipinski definition) is 2. The lowest BCUT2D eigenvalue weighted by Gasteiger charge is -2.09. The Morgan fingerprint density at radius 3 is 1.47 bits per heavy atom. The van der Waals surface area contributed by atoms with Gasteiger partial charge in [-0.15, -0.1) is 0 Å². The van der Waals surface area contributed by atoms with Crippen molar-refractivity contribution in [3.63, 3.8) is 0 Å². The van der Waals surface area contributed by atoms with Crippen molar-refractivity contribution in [3.8, 4) is 0 Å². The third kappa shape index (κ3) is 2.95. The van der Waals surface area contributed by atoms with Gasteiger partial charge in [0.05, 0.1) is 0 Å². The van der Waals surface area contributed by atoms with E-state index in [4.69, 9.17) is 11.6 Å². The maximum absolute atomic E-state index is 12.0. The van der Waals surface area contributed by atoms with Gasteiger partial charge in [-0.3, -0.25) is 0 Å². The number of aromatic nitrogens is 2. The number of alkyl halides is 6. The molecule has 0 amide bonds. The van der Waals surface area contributed by atoms with Crippen LogP contribution in [0.3, 0.4) is 0 Å². The molecular weight excluding hydrogens is 250 g/mol. The number of rotatable bonds is 0. The van der Waals surface area contributed by atoms with Crippen molar-refractivity contribution < 1.29 is 26.3 Å². The van der Waals surface area contributed by atoms with Gasteiger partial charge in [-0.25, -0.2) is 9.97 Å². The predicted octanol–water partition coefficient (Wildman–Crippen LogP) is 3.17. The van der Waals surface area contributed by atoms with Crippen LogP contribution in [-0.4, -0.2) is 9.97 Å². The number of nitrogens with zero attached hydrogens (tertiary/aromatic N) is 2. The van der Waals surface area contributed by atoms with Crippen molar-refractivity contribution in [2.75, 3.05) is 0 Å². The van der Waals surface area contributed by atoms with E-state index in [1.165, 1.54) is 0 Å². The van der Waals surface area contributed by atoms with Crippen molar-refractivity contribution in [2.24, 2.45) is 0 Å². The molecule has 1 rings (SSSR count). The van der Waals surface area contributed by atoms with E-state index in [1.54, 1.807) is 0 Å². The van der Waals surface area contributed by atoms with E-state index in [0.717, 1.165) is 0 Å². The molecular formula is C6HClF6N2. The molecule has 0 atom stereocenters. The van der Waals surface area contributed by atoms with Crippen molar-refractivity contribution >= 4 is 11.6 Å². The number of halogens is 7. The highest BCUT2D eigenvalue weighted by atomic mass is 35.5. The van der Waals surface area contributed by atoms with Crippen LogP contribution >= 0.6 is 11.6 Å². The van der Waals surface area contributed by atoms with Gasteiger partial charge in [0.15, 0.2) is 0 Å². The smallest absolute Gasteiger partial charge is 0.213 e. The Labute approximate surface area is 83.9 Å². The minimum atomic E-state index is -4.99. The molecule has 0 aliphatic carbocycles. The van der Waals surface area contributed by atoms with E-state index < -0.39 is 29.0 Å². The van der Waals surface area contributed by atoms with Crippen molar-refractivity contribution in [1.29, 1.82) is 0 Å². The fraction of sp³-hybridized carbons (Fsp3) is 0.333. The summed E-state index contributed by atoms with van der Waals surface area (Å²) in [6.45, 7) is 0. The second-order valence-corrected chi connectivity index (χ2v) is 2.74. The van der Waals surface area contributed by atoms with Gasteiger partial charge in [0.25, 0.3) is 0 Å². The van der Waals surface area contributed by atoms with Gasteiger partial charge in [0.1, 0.15) is 11.4 Å². The highest BCUT2D eigenvalue weighted by Crippen LogP contribution is 2.33. The predicted molar refractivity (Wildman–Crippen MR) is 37.0 cm³/mol. The zero-order valence-corrected chi connectivity index (χ0v) is 7.37. The van der Waals surface area contributed by atoms with Gasteiger partial charge in [0.2, 0.25) is 5.28 Å². The van der Waals surface area contributed by atoms with E-state index in [1.807, 2.05) is 0 Å². The molecule has 0 fully saturated rings. The van der Waals surface area contributed by atoms with Crippen LogP contribution in [0.5, 0.6) is 0 Å². The van der Waals surface area contributed by atoms with Gasteiger partial charge in [-0.1, -0.05) is 0 Å². The first-order chi connectivity index (χ1) is 6.60. The summed E-state index contributed by atoms with van der Waals surface area (Å²) in [6, 6.07) is -0.203. The standard InChI is InChI=1S/C6HClF6N2/c7-4-14-2(5(8,9)10)1-3(15-4)6(11,12)13/h1H. The lowest BCUT2D eigenvalue weighted by atomic mass is 10.3. The molecule has 2 nitrogen and oxygen atoms in total. The SMILES string of the molecule is FC(F)(F)c1cc(C(F)(F)F)nc(Cl)n1. The van der Waals surface area contributed by atoms with E-state index >= 15 is 0 Å². The summed E-state index contributed by atoms with van der Waals surface area (Å²) >= 11 is 4.94. The minimum Gasteiger partial charge on any atom is -0.213 e. The molecule has 0 saturated heterocycles. The highest BCUT2D eigenvalue weighted by molar-refractivity contribution is 6.28. The molecule has 1 aromatic heterocycles. The molecule has 0 radical (unpaired) electrons. The Morgan fingerprint density at radius 2 is 1.20 bits per heavy atom. The molecule has 15 heavy (non-hydrogen) atoms. The minimum absolute atomic E-state index is 0.203. The van der Waals surface area contributed by atoms with Crippen molar-refractivity contribution in [3.05, 3.63) is 22.7 Å². The average Bonchev–Trinajstić information content (AvgIpc) is 1.99. The van der Waals surface area contributed by atoms with Crippen LogP contribution in [0.1, 0.15) is 11.4 Å². The summed E-state index contributed by atoms with van der Waals surface area (Å²) in [6.07, 6.45) is -9.99. The molecule has 0 aromatic carbocycles. The zero-order chi connectivity index (χ0) is 11.9. The third-order valence-electron chi connectivity index (χ3n) is 1.28. The van der Waals surface area contributed by atoms with E-state index in [0.29, 0.717) is 0 Å². The molecule has 0 saturated carbocycles. The quantitative estimate of drug-likeness (QED) is 0.522. The van der Waals surface area contributed by atoms with E-state index in [9.17, 15) is 26.3 Å². The molecule has 0 bridgehead atoms. The summed E-state index contributed by atoms with van der Waals surface area (Å²) in [5.41, 5.74) is -3.45. The van der Waals surface area contributed by atoms with Gasteiger partial charge >= 0.3 is 12.4 Å². The topological polar surface area (TPSA) is 25.8 Å². The lowest BCUT2D eigenvalue weighted by molar-refractivity contribution is -0.147. The molecule has 84 valence electrons. The van der Waals surface area contributed by atoms with Gasteiger partial charge in [-0.2, -0.15) is 26.3 Å². The first kappa shape index (κ1) is 12.0. The molecule has 1 heterocycles. The monoisotopic (exact) mass is 250 g/mol. The maximum Gasteiger partial charge on any atom is 0.433 e. The van der Waals surface area contributed by atoms with Crippen LogP contribution < -0.4 is 0 Å². The first-order valence-corrected chi connectivity index (χ1v) is 3.67. The van der Waals surface area contributed by atoms with Crippen molar-refractivity contribution in [2.45, 2.75) is 12.4 Å². The molecule has 0 aliphatic heterocycles. The van der Waals surface area contributed by atoms with Gasteiger partial charge in [-0.05, 0) is 17.7 Å². The second-order valence-electron chi connectivity index (χ2n) is 2.40. The van der Waals surface area contributed by atoms with Crippen LogP contribution in [0.2, 0.25) is 5.28 Å². The summed E-state index contributed by atoms with van der Waals surface area (Å²) in [5.74, 6) is 0. The Balaban J connectivity index is 3.30. The average molecular weight is 251 g/mol. The summed E-state index contributed by atoms with van der Waals surface area (Å²) in [7, 11) is 0. The fourth-order valence-electron chi connectivity index (χ4n) is 0.708. The maximum atomic E-state index is 12.0. The largest absolute Gasteiger partial charge is 0.433 e. The Bertz CT molecular complexity index is 339. The Morgan fingerprint density at radius 1 is 0.867 bits per heavy atom. The third-order valence-corrected chi connectivity index (χ3v) is 1.45. The zero-order valence-electron chi connectivity index (χ0n) is 6.62. The van der Waals surface area contributed by atoms with Gasteiger partial charge < -0.3 is 0 Å². The molecule has 0 N–H and O–H groups in total. The fourth-order valence-corrected chi connectivity index (χ4v) is 0.890. The molecule has 0 spiro atoms. The summed E-state index contributed by atoms with van der Waals surface area (Å²) in [4.78, 5) is 5.30. The van der Waals surface area contributed by atoms with E-state index in [2.05, 4.69) is 9.97 Å². The normalized spacial score (nSPS) is 13.0. The van der Waals surface area contributed by atoms with Crippen LogP contribution in [0.4, 0.5) is 26.3 Å². The Hall–Kier alpha value is -1.05. The second kappa shape index (κ2) is 3.51. The van der Waals surface area contributed by atoms with Crippen molar-refractivity contribution in [1.82, 2.24) is 9.97 Å². The Kier molecular flexibility index (Phi) is 2.81. The highest BCUT2D eigenvalue weighted by Gasteiger charge is 2.39. The summed E-state index contributed by atoms with van der Waals surface area (Å²) in [5, 5.41) is -1.10. The number of hydrogen-bond donors (Lipinski definition) is 0.